The van der Waals surface area contributed by atoms with E-state index in [0.717, 1.165) is 25.9 Å². The molecule has 2 saturated heterocycles. The predicted molar refractivity (Wildman–Crippen MR) is 108 cm³/mol. The van der Waals surface area contributed by atoms with Crippen molar-refractivity contribution in [3.8, 4) is 0 Å². The summed E-state index contributed by atoms with van der Waals surface area (Å²) in [6.07, 6.45) is -5.13. The topological polar surface area (TPSA) is 123 Å². The number of nitrogens with one attached hydrogen (secondary N) is 1. The first-order valence-corrected chi connectivity index (χ1v) is 10.4. The second-order valence-corrected chi connectivity index (χ2v) is 7.85. The number of carbonyl (C=O) groups is 2. The molecule has 0 bridgehead atoms. The van der Waals surface area contributed by atoms with Crippen molar-refractivity contribution in [3.05, 3.63) is 35.4 Å². The molecule has 0 aromatic heterocycles. The molecule has 0 spiro atoms. The molecule has 1 aromatic rings. The van der Waals surface area contributed by atoms with Crippen molar-refractivity contribution in [1.82, 2.24) is 15.1 Å². The van der Waals surface area contributed by atoms with E-state index in [1.807, 2.05) is 0 Å². The average Bonchev–Trinajstić information content (AvgIpc) is 3.31. The number of nitrogens with zero attached hydrogens (tertiary/aromatic N) is 2. The molecule has 32 heavy (non-hydrogen) atoms. The molecule has 2 heterocycles. The summed E-state index contributed by atoms with van der Waals surface area (Å²) >= 11 is 0. The lowest BCUT2D eigenvalue weighted by Crippen LogP contribution is -2.56. The zero-order valence-electron chi connectivity index (χ0n) is 17.5. The third-order valence-corrected chi connectivity index (χ3v) is 5.70. The van der Waals surface area contributed by atoms with Gasteiger partial charge in [-0.3, -0.25) is 9.63 Å². The first-order chi connectivity index (χ1) is 15.2. The SMILES string of the molecule is NOC([C@@H](N)c1ccc(C(=O)NC[C@H]2COCCN2C(=O)N2CCCC2)cc1)C(F)(F)F. The van der Waals surface area contributed by atoms with Crippen LogP contribution in [-0.4, -0.2) is 79.5 Å². The molecule has 3 amide bonds. The fraction of sp³-hybridized carbons (Fsp3) is 0.600. The Morgan fingerprint density at radius 2 is 1.84 bits per heavy atom. The standard InChI is InChI=1S/C20H28F3N5O4/c21-20(22,23)17(32-25)16(24)13-3-5-14(6-4-13)18(29)26-11-15-12-31-10-9-28(15)19(30)27-7-1-2-8-27/h3-6,15-17H,1-2,7-12,24-25H2,(H,26,29)/t15-,16-,17?/m0/s1. The molecule has 0 radical (unpaired) electrons. The maximum atomic E-state index is 12.9. The first kappa shape index (κ1) is 24.2. The average molecular weight is 459 g/mol. The van der Waals surface area contributed by atoms with Gasteiger partial charge in [-0.1, -0.05) is 12.1 Å². The molecular formula is C20H28F3N5O4. The molecule has 2 aliphatic rings. The van der Waals surface area contributed by atoms with Gasteiger partial charge in [-0.25, -0.2) is 10.7 Å². The molecule has 2 aliphatic heterocycles. The Morgan fingerprint density at radius 1 is 1.19 bits per heavy atom. The Hall–Kier alpha value is -2.41. The summed E-state index contributed by atoms with van der Waals surface area (Å²) in [6.45, 7) is 2.86. The molecule has 3 rings (SSSR count). The van der Waals surface area contributed by atoms with Crippen molar-refractivity contribution in [1.29, 1.82) is 0 Å². The van der Waals surface area contributed by atoms with Crippen LogP contribution in [0.3, 0.4) is 0 Å². The summed E-state index contributed by atoms with van der Waals surface area (Å²) in [5.41, 5.74) is 6.00. The number of likely N-dealkylation sites (tertiary alicyclic amines) is 1. The monoisotopic (exact) mass is 459 g/mol. The number of morpholine rings is 1. The number of urea groups is 1. The quantitative estimate of drug-likeness (QED) is 0.549. The van der Waals surface area contributed by atoms with Crippen LogP contribution in [0.15, 0.2) is 24.3 Å². The maximum absolute atomic E-state index is 12.9. The molecule has 1 unspecified atom stereocenters. The van der Waals surface area contributed by atoms with Crippen LogP contribution >= 0.6 is 0 Å². The molecule has 3 atom stereocenters. The number of amides is 3. The van der Waals surface area contributed by atoms with Crippen molar-refractivity contribution in [2.24, 2.45) is 11.6 Å². The minimum atomic E-state index is -4.73. The number of nitrogens with two attached hydrogens (primary N) is 2. The van der Waals surface area contributed by atoms with Gasteiger partial charge in [0.15, 0.2) is 6.10 Å². The molecule has 2 fully saturated rings. The molecule has 0 aliphatic carbocycles. The number of rotatable bonds is 6. The van der Waals surface area contributed by atoms with Gasteiger partial charge in [-0.2, -0.15) is 13.2 Å². The van der Waals surface area contributed by atoms with Crippen LogP contribution < -0.4 is 16.9 Å². The van der Waals surface area contributed by atoms with Gasteiger partial charge in [0.05, 0.1) is 25.3 Å². The highest BCUT2D eigenvalue weighted by atomic mass is 19.4. The smallest absolute Gasteiger partial charge is 0.377 e. The lowest BCUT2D eigenvalue weighted by Gasteiger charge is -2.37. The highest BCUT2D eigenvalue weighted by Gasteiger charge is 2.45. The Balaban J connectivity index is 1.58. The van der Waals surface area contributed by atoms with Crippen LogP contribution in [0.2, 0.25) is 0 Å². The highest BCUT2D eigenvalue weighted by Crippen LogP contribution is 2.30. The van der Waals surface area contributed by atoms with E-state index in [9.17, 15) is 22.8 Å². The van der Waals surface area contributed by atoms with Crippen molar-refractivity contribution in [2.45, 2.75) is 37.2 Å². The van der Waals surface area contributed by atoms with E-state index in [1.165, 1.54) is 24.3 Å². The van der Waals surface area contributed by atoms with Crippen LogP contribution in [-0.2, 0) is 9.57 Å². The summed E-state index contributed by atoms with van der Waals surface area (Å²) in [7, 11) is 0. The van der Waals surface area contributed by atoms with E-state index in [2.05, 4.69) is 10.2 Å². The Morgan fingerprint density at radius 3 is 2.44 bits per heavy atom. The summed E-state index contributed by atoms with van der Waals surface area (Å²) in [5.74, 6) is 4.33. The number of alkyl halides is 3. The van der Waals surface area contributed by atoms with Crippen LogP contribution in [0.4, 0.5) is 18.0 Å². The van der Waals surface area contributed by atoms with E-state index in [4.69, 9.17) is 16.4 Å². The Bertz CT molecular complexity index is 786. The second kappa shape index (κ2) is 10.5. The van der Waals surface area contributed by atoms with Crippen molar-refractivity contribution >= 4 is 11.9 Å². The molecule has 5 N–H and O–H groups in total. The van der Waals surface area contributed by atoms with Gasteiger partial charge < -0.3 is 25.6 Å². The zero-order valence-corrected chi connectivity index (χ0v) is 17.5. The maximum Gasteiger partial charge on any atom is 0.418 e. The summed E-state index contributed by atoms with van der Waals surface area (Å²) in [4.78, 5) is 32.8. The minimum Gasteiger partial charge on any atom is -0.377 e. The van der Waals surface area contributed by atoms with E-state index in [1.54, 1.807) is 9.80 Å². The van der Waals surface area contributed by atoms with Crippen LogP contribution in [0, 0.1) is 0 Å². The van der Waals surface area contributed by atoms with Gasteiger partial charge in [0.25, 0.3) is 5.91 Å². The molecule has 1 aromatic carbocycles. The fourth-order valence-corrected chi connectivity index (χ4v) is 3.88. The predicted octanol–water partition coefficient (Wildman–Crippen LogP) is 1.15. The number of hydrogen-bond donors (Lipinski definition) is 3. The van der Waals surface area contributed by atoms with Crippen molar-refractivity contribution in [2.75, 3.05) is 39.4 Å². The largest absolute Gasteiger partial charge is 0.418 e. The van der Waals surface area contributed by atoms with Crippen LogP contribution in [0.5, 0.6) is 0 Å². The van der Waals surface area contributed by atoms with Gasteiger partial charge in [0.1, 0.15) is 0 Å². The van der Waals surface area contributed by atoms with Gasteiger partial charge in [-0.05, 0) is 30.5 Å². The molecule has 12 heteroatoms. The van der Waals surface area contributed by atoms with Crippen LogP contribution in [0.25, 0.3) is 0 Å². The molecular weight excluding hydrogens is 431 g/mol. The highest BCUT2D eigenvalue weighted by molar-refractivity contribution is 5.94. The lowest BCUT2D eigenvalue weighted by molar-refractivity contribution is -0.228. The van der Waals surface area contributed by atoms with Crippen LogP contribution in [0.1, 0.15) is 34.8 Å². The van der Waals surface area contributed by atoms with E-state index < -0.39 is 24.2 Å². The third-order valence-electron chi connectivity index (χ3n) is 5.70. The van der Waals surface area contributed by atoms with Gasteiger partial charge in [0, 0.05) is 31.7 Å². The van der Waals surface area contributed by atoms with Gasteiger partial charge in [0.2, 0.25) is 0 Å². The van der Waals surface area contributed by atoms with Gasteiger partial charge in [-0.15, -0.1) is 0 Å². The number of carbonyl (C=O) groups excluding carboxylic acids is 2. The third kappa shape index (κ3) is 5.68. The van der Waals surface area contributed by atoms with E-state index in [-0.39, 0.29) is 29.7 Å². The van der Waals surface area contributed by atoms with Crippen molar-refractivity contribution < 1.29 is 32.3 Å². The molecule has 0 saturated carbocycles. The lowest BCUT2D eigenvalue weighted by atomic mass is 10.0. The van der Waals surface area contributed by atoms with Crippen molar-refractivity contribution in [3.63, 3.8) is 0 Å². The Labute approximate surface area is 183 Å². The van der Waals surface area contributed by atoms with E-state index in [0.29, 0.717) is 19.8 Å². The zero-order chi connectivity index (χ0) is 23.3. The van der Waals surface area contributed by atoms with E-state index >= 15 is 0 Å². The van der Waals surface area contributed by atoms with Gasteiger partial charge >= 0.3 is 12.2 Å². The summed E-state index contributed by atoms with van der Waals surface area (Å²) in [6, 6.07) is 3.50. The summed E-state index contributed by atoms with van der Waals surface area (Å²) < 4.78 is 44.3. The minimum absolute atomic E-state index is 0.0512. The molecule has 178 valence electrons. The molecule has 9 nitrogen and oxygen atoms in total. The first-order valence-electron chi connectivity index (χ1n) is 10.4. The number of benzene rings is 1. The normalized spacial score (nSPS) is 21.3. The number of ether oxygens (including phenoxy) is 1. The number of hydrogen-bond acceptors (Lipinski definition) is 6. The second-order valence-electron chi connectivity index (χ2n) is 7.85. The fourth-order valence-electron chi connectivity index (χ4n) is 3.88. The summed E-state index contributed by atoms with van der Waals surface area (Å²) in [5, 5.41) is 2.76. The number of halogens is 3. The Kier molecular flexibility index (Phi) is 7.93.